The van der Waals surface area contributed by atoms with Gasteiger partial charge in [-0.3, -0.25) is 4.68 Å². The van der Waals surface area contributed by atoms with Crippen molar-refractivity contribution in [1.29, 1.82) is 0 Å². The van der Waals surface area contributed by atoms with Gasteiger partial charge in [0.05, 0.1) is 5.69 Å². The molecule has 0 radical (unpaired) electrons. The molecule has 0 saturated carbocycles. The molecular weight excluding hydrogens is 290 g/mol. The number of nitrogens with zero attached hydrogens (tertiary/aromatic N) is 2. The predicted molar refractivity (Wildman–Crippen MR) is 90.3 cm³/mol. The summed E-state index contributed by atoms with van der Waals surface area (Å²) < 4.78 is 7.70. The molecule has 1 aromatic carbocycles. The summed E-state index contributed by atoms with van der Waals surface area (Å²) in [5.41, 5.74) is 4.21. The molecule has 122 valence electrons. The fraction of sp³-hybridized carbons (Fsp3) is 0.389. The van der Waals surface area contributed by atoms with Gasteiger partial charge in [0, 0.05) is 36.3 Å². The van der Waals surface area contributed by atoms with E-state index in [1.807, 2.05) is 41.9 Å². The average molecular weight is 313 g/mol. The predicted octanol–water partition coefficient (Wildman–Crippen LogP) is 3.09. The molecule has 23 heavy (non-hydrogen) atoms. The second kappa shape index (κ2) is 6.56. The van der Waals surface area contributed by atoms with E-state index in [0.29, 0.717) is 18.8 Å². The first-order chi connectivity index (χ1) is 11.1. The van der Waals surface area contributed by atoms with Crippen LogP contribution in [0.15, 0.2) is 34.7 Å². The number of fused-ring (bicyclic) bond motifs is 1. The molecule has 0 amide bonds. The maximum Gasteiger partial charge on any atom is 0.135 e. The average Bonchev–Trinajstić information content (AvgIpc) is 3.10. The van der Waals surface area contributed by atoms with Crippen LogP contribution in [0.25, 0.3) is 11.0 Å². The molecule has 0 unspecified atom stereocenters. The Bertz CT molecular complexity index is 771. The Morgan fingerprint density at radius 3 is 2.78 bits per heavy atom. The zero-order valence-corrected chi connectivity index (χ0v) is 13.8. The molecule has 0 bridgehead atoms. The zero-order chi connectivity index (χ0) is 16.4. The first-order valence-electron chi connectivity index (χ1n) is 8.00. The third-order valence-corrected chi connectivity index (χ3v) is 4.24. The molecule has 0 aliphatic heterocycles. The molecule has 0 spiro atoms. The standard InChI is InChI=1S/C18H23N3O2/c1-4-21-13(3)15(12(2)20-21)10-19-11-16(22)18-9-14-7-5-6-8-17(14)23-18/h5-9,16,19,22H,4,10-11H2,1-3H3/t16-/m1/s1. The van der Waals surface area contributed by atoms with E-state index in [0.717, 1.165) is 23.2 Å². The summed E-state index contributed by atoms with van der Waals surface area (Å²) in [6.07, 6.45) is -0.663. The number of benzene rings is 1. The Balaban J connectivity index is 1.63. The first-order valence-corrected chi connectivity index (χ1v) is 8.00. The van der Waals surface area contributed by atoms with Crippen LogP contribution in [0.4, 0.5) is 0 Å². The summed E-state index contributed by atoms with van der Waals surface area (Å²) in [5.74, 6) is 0.594. The van der Waals surface area contributed by atoms with Crippen LogP contribution in [-0.4, -0.2) is 21.4 Å². The highest BCUT2D eigenvalue weighted by Crippen LogP contribution is 2.23. The molecule has 1 atom stereocenters. The normalized spacial score (nSPS) is 12.9. The molecular formula is C18H23N3O2. The van der Waals surface area contributed by atoms with E-state index < -0.39 is 6.10 Å². The minimum absolute atomic E-state index is 0.440. The molecule has 3 rings (SSSR count). The van der Waals surface area contributed by atoms with Crippen molar-refractivity contribution in [3.63, 3.8) is 0 Å². The Labute approximate surface area is 135 Å². The van der Waals surface area contributed by atoms with Crippen LogP contribution in [-0.2, 0) is 13.1 Å². The number of aromatic nitrogens is 2. The second-order valence-corrected chi connectivity index (χ2v) is 5.80. The maximum absolute atomic E-state index is 10.3. The molecule has 0 aliphatic rings. The Morgan fingerprint density at radius 1 is 1.30 bits per heavy atom. The number of furan rings is 1. The third kappa shape index (κ3) is 3.16. The van der Waals surface area contributed by atoms with E-state index in [1.54, 1.807) is 0 Å². The van der Waals surface area contributed by atoms with Gasteiger partial charge in [-0.25, -0.2) is 0 Å². The quantitative estimate of drug-likeness (QED) is 0.734. The summed E-state index contributed by atoms with van der Waals surface area (Å²) >= 11 is 0. The van der Waals surface area contributed by atoms with Crippen molar-refractivity contribution in [1.82, 2.24) is 15.1 Å². The number of hydrogen-bond acceptors (Lipinski definition) is 4. The summed E-state index contributed by atoms with van der Waals surface area (Å²) in [6, 6.07) is 9.67. The van der Waals surface area contributed by atoms with Gasteiger partial charge in [0.1, 0.15) is 17.4 Å². The first kappa shape index (κ1) is 15.8. The topological polar surface area (TPSA) is 63.2 Å². The van der Waals surface area contributed by atoms with Gasteiger partial charge in [0.25, 0.3) is 0 Å². The minimum atomic E-state index is -0.663. The van der Waals surface area contributed by atoms with Gasteiger partial charge in [-0.1, -0.05) is 18.2 Å². The number of aliphatic hydroxyl groups is 1. The number of hydrogen-bond donors (Lipinski definition) is 2. The lowest BCUT2D eigenvalue weighted by Crippen LogP contribution is -2.21. The van der Waals surface area contributed by atoms with Crippen LogP contribution in [0.3, 0.4) is 0 Å². The zero-order valence-electron chi connectivity index (χ0n) is 13.8. The van der Waals surface area contributed by atoms with E-state index in [-0.39, 0.29) is 0 Å². The number of aliphatic hydroxyl groups excluding tert-OH is 1. The molecule has 2 aromatic heterocycles. The fourth-order valence-electron chi connectivity index (χ4n) is 2.90. The van der Waals surface area contributed by atoms with Crippen molar-refractivity contribution in [2.45, 2.75) is 40.0 Å². The lowest BCUT2D eigenvalue weighted by Gasteiger charge is -2.10. The van der Waals surface area contributed by atoms with Crippen molar-refractivity contribution < 1.29 is 9.52 Å². The number of nitrogens with one attached hydrogen (secondary N) is 1. The Morgan fingerprint density at radius 2 is 2.09 bits per heavy atom. The van der Waals surface area contributed by atoms with E-state index in [2.05, 4.69) is 24.3 Å². The molecule has 3 aromatic rings. The molecule has 5 nitrogen and oxygen atoms in total. The molecule has 0 aliphatic carbocycles. The second-order valence-electron chi connectivity index (χ2n) is 5.80. The number of para-hydroxylation sites is 1. The van der Waals surface area contributed by atoms with Gasteiger partial charge >= 0.3 is 0 Å². The molecule has 0 saturated heterocycles. The third-order valence-electron chi connectivity index (χ3n) is 4.24. The molecule has 2 N–H and O–H groups in total. The summed E-state index contributed by atoms with van der Waals surface area (Å²) in [4.78, 5) is 0. The lowest BCUT2D eigenvalue weighted by molar-refractivity contribution is 0.149. The summed E-state index contributed by atoms with van der Waals surface area (Å²) in [5, 5.41) is 19.1. The van der Waals surface area contributed by atoms with Gasteiger partial charge < -0.3 is 14.8 Å². The summed E-state index contributed by atoms with van der Waals surface area (Å²) in [6.45, 7) is 8.18. The fourth-order valence-corrected chi connectivity index (χ4v) is 2.90. The Kier molecular flexibility index (Phi) is 4.50. The monoisotopic (exact) mass is 313 g/mol. The van der Waals surface area contributed by atoms with E-state index in [9.17, 15) is 5.11 Å². The highest BCUT2D eigenvalue weighted by Gasteiger charge is 2.14. The highest BCUT2D eigenvalue weighted by atomic mass is 16.4. The minimum Gasteiger partial charge on any atom is -0.458 e. The largest absolute Gasteiger partial charge is 0.458 e. The smallest absolute Gasteiger partial charge is 0.135 e. The van der Waals surface area contributed by atoms with Crippen LogP contribution in [0.2, 0.25) is 0 Å². The molecule has 2 heterocycles. The van der Waals surface area contributed by atoms with Crippen molar-refractivity contribution in [3.05, 3.63) is 53.0 Å². The van der Waals surface area contributed by atoms with Crippen LogP contribution in [0, 0.1) is 13.8 Å². The van der Waals surface area contributed by atoms with Crippen LogP contribution in [0.5, 0.6) is 0 Å². The number of aryl methyl sites for hydroxylation is 2. The van der Waals surface area contributed by atoms with Gasteiger partial charge in [0.15, 0.2) is 0 Å². The number of rotatable bonds is 6. The molecule has 0 fully saturated rings. The van der Waals surface area contributed by atoms with Gasteiger partial charge in [0.2, 0.25) is 0 Å². The van der Waals surface area contributed by atoms with Gasteiger partial charge in [-0.2, -0.15) is 5.10 Å². The van der Waals surface area contributed by atoms with E-state index in [4.69, 9.17) is 4.42 Å². The van der Waals surface area contributed by atoms with Crippen LogP contribution in [0.1, 0.15) is 35.7 Å². The van der Waals surface area contributed by atoms with Crippen molar-refractivity contribution in [2.75, 3.05) is 6.54 Å². The van der Waals surface area contributed by atoms with Gasteiger partial charge in [-0.15, -0.1) is 0 Å². The van der Waals surface area contributed by atoms with Crippen molar-refractivity contribution in [3.8, 4) is 0 Å². The van der Waals surface area contributed by atoms with E-state index >= 15 is 0 Å². The SMILES string of the molecule is CCn1nc(C)c(CNC[C@@H](O)c2cc3ccccc3o2)c1C. The van der Waals surface area contributed by atoms with Crippen LogP contribution >= 0.6 is 0 Å². The maximum atomic E-state index is 10.3. The van der Waals surface area contributed by atoms with Gasteiger partial charge in [-0.05, 0) is 32.9 Å². The van der Waals surface area contributed by atoms with E-state index in [1.165, 1.54) is 11.3 Å². The van der Waals surface area contributed by atoms with Crippen molar-refractivity contribution >= 4 is 11.0 Å². The van der Waals surface area contributed by atoms with Crippen molar-refractivity contribution in [2.24, 2.45) is 0 Å². The lowest BCUT2D eigenvalue weighted by atomic mass is 10.2. The highest BCUT2D eigenvalue weighted by molar-refractivity contribution is 5.77. The van der Waals surface area contributed by atoms with Crippen LogP contribution < -0.4 is 5.32 Å². The summed E-state index contributed by atoms with van der Waals surface area (Å²) in [7, 11) is 0. The Hall–Kier alpha value is -2.11. The molecule has 5 heteroatoms.